The number of carbonyl (C=O) groups is 1. The van der Waals surface area contributed by atoms with E-state index < -0.39 is 11.2 Å². The number of aromatic nitrogens is 2. The first-order valence-electron chi connectivity index (χ1n) is 7.81. The molecule has 8 heteroatoms. The second-order valence-corrected chi connectivity index (χ2v) is 7.02. The topological polar surface area (TPSA) is 87.1 Å². The van der Waals surface area contributed by atoms with Crippen molar-refractivity contribution in [1.82, 2.24) is 9.13 Å². The molecule has 2 rings (SSSR count). The van der Waals surface area contributed by atoms with Crippen molar-refractivity contribution in [1.29, 1.82) is 0 Å². The Bertz CT molecular complexity index is 888. The van der Waals surface area contributed by atoms with E-state index in [-0.39, 0.29) is 22.9 Å². The highest BCUT2D eigenvalue weighted by Gasteiger charge is 2.21. The van der Waals surface area contributed by atoms with Crippen LogP contribution in [0.15, 0.2) is 33.9 Å². The van der Waals surface area contributed by atoms with Gasteiger partial charge in [-0.2, -0.15) is 0 Å². The van der Waals surface area contributed by atoms with Crippen molar-refractivity contribution < 1.29 is 4.79 Å². The van der Waals surface area contributed by atoms with Crippen molar-refractivity contribution in [3.63, 3.8) is 0 Å². The Morgan fingerprint density at radius 3 is 2.48 bits per heavy atom. The average molecular weight is 382 g/mol. The fourth-order valence-electron chi connectivity index (χ4n) is 2.40. The maximum absolute atomic E-state index is 12.5. The molecule has 0 aliphatic rings. The third-order valence-electron chi connectivity index (χ3n) is 3.72. The molecule has 25 heavy (non-hydrogen) atoms. The second-order valence-electron chi connectivity index (χ2n) is 5.60. The van der Waals surface area contributed by atoms with Crippen LogP contribution in [0, 0.1) is 0 Å². The fourth-order valence-corrected chi connectivity index (χ4v) is 3.39. The van der Waals surface area contributed by atoms with Gasteiger partial charge in [0.05, 0.1) is 5.75 Å². The van der Waals surface area contributed by atoms with Crippen LogP contribution < -0.4 is 17.0 Å². The Hall–Kier alpha value is -1.99. The van der Waals surface area contributed by atoms with E-state index in [2.05, 4.69) is 0 Å². The van der Waals surface area contributed by atoms with E-state index in [9.17, 15) is 14.4 Å². The van der Waals surface area contributed by atoms with Gasteiger partial charge in [0.15, 0.2) is 5.78 Å². The van der Waals surface area contributed by atoms with Crippen LogP contribution >= 0.6 is 23.4 Å². The summed E-state index contributed by atoms with van der Waals surface area (Å²) >= 11 is 7.22. The lowest BCUT2D eigenvalue weighted by atomic mass is 10.2. The van der Waals surface area contributed by atoms with Crippen LogP contribution in [0.1, 0.15) is 29.3 Å². The first kappa shape index (κ1) is 19.3. The summed E-state index contributed by atoms with van der Waals surface area (Å²) in [5, 5.41) is 0.652. The van der Waals surface area contributed by atoms with Gasteiger partial charge in [0.25, 0.3) is 5.56 Å². The van der Waals surface area contributed by atoms with Crippen LogP contribution in [0.4, 0.5) is 5.82 Å². The zero-order chi connectivity index (χ0) is 18.6. The van der Waals surface area contributed by atoms with E-state index in [0.29, 0.717) is 23.7 Å². The highest BCUT2D eigenvalue weighted by atomic mass is 35.5. The van der Waals surface area contributed by atoms with E-state index in [1.807, 2.05) is 19.1 Å². The minimum atomic E-state index is -0.646. The van der Waals surface area contributed by atoms with Gasteiger partial charge < -0.3 is 5.73 Å². The predicted molar refractivity (Wildman–Crippen MR) is 103 cm³/mol. The summed E-state index contributed by atoms with van der Waals surface area (Å²) in [7, 11) is 1.36. The molecule has 0 aliphatic heterocycles. The summed E-state index contributed by atoms with van der Waals surface area (Å²) in [6, 6.07) is 7.34. The smallest absolute Gasteiger partial charge is 0.332 e. The summed E-state index contributed by atoms with van der Waals surface area (Å²) in [6.45, 7) is 2.25. The van der Waals surface area contributed by atoms with Crippen LogP contribution in [-0.4, -0.2) is 20.7 Å². The summed E-state index contributed by atoms with van der Waals surface area (Å²) in [5.74, 6) is 0.290. The third kappa shape index (κ3) is 4.35. The molecular formula is C17H20ClN3O3S. The number of rotatable bonds is 7. The summed E-state index contributed by atoms with van der Waals surface area (Å²) in [4.78, 5) is 36.9. The van der Waals surface area contributed by atoms with E-state index in [0.717, 1.165) is 10.1 Å². The minimum absolute atomic E-state index is 0.0490. The Labute approximate surface area is 154 Å². The lowest BCUT2D eigenvalue weighted by Crippen LogP contribution is -2.42. The van der Waals surface area contributed by atoms with Crippen molar-refractivity contribution in [2.24, 2.45) is 7.05 Å². The summed E-state index contributed by atoms with van der Waals surface area (Å²) in [6.07, 6.45) is 0.668. The monoisotopic (exact) mass is 381 g/mol. The van der Waals surface area contributed by atoms with Crippen molar-refractivity contribution in [3.05, 3.63) is 61.3 Å². The van der Waals surface area contributed by atoms with Crippen molar-refractivity contribution in [3.8, 4) is 0 Å². The molecule has 0 atom stereocenters. The number of hydrogen-bond acceptors (Lipinski definition) is 5. The lowest BCUT2D eigenvalue weighted by Gasteiger charge is -2.13. The van der Waals surface area contributed by atoms with Gasteiger partial charge in [-0.25, -0.2) is 4.79 Å². The number of nitrogens with zero attached hydrogens (tertiary/aromatic N) is 2. The van der Waals surface area contributed by atoms with Gasteiger partial charge in [-0.1, -0.05) is 30.7 Å². The SMILES string of the molecule is CCCn1c(N)c(C(=O)CSCc2ccc(Cl)cc2)c(=O)n(C)c1=O. The largest absolute Gasteiger partial charge is 0.384 e. The first-order valence-corrected chi connectivity index (χ1v) is 9.34. The molecule has 0 bridgehead atoms. The van der Waals surface area contributed by atoms with Crippen LogP contribution in [0.2, 0.25) is 5.02 Å². The lowest BCUT2D eigenvalue weighted by molar-refractivity contribution is 0.102. The van der Waals surface area contributed by atoms with Crippen molar-refractivity contribution >= 4 is 35.0 Å². The number of nitrogen functional groups attached to an aromatic ring is 1. The number of nitrogens with two attached hydrogens (primary N) is 1. The number of hydrogen-bond donors (Lipinski definition) is 1. The molecule has 1 aromatic heterocycles. The molecule has 0 saturated carbocycles. The van der Waals surface area contributed by atoms with Gasteiger partial charge in [-0.15, -0.1) is 11.8 Å². The van der Waals surface area contributed by atoms with E-state index >= 15 is 0 Å². The molecule has 0 fully saturated rings. The molecule has 0 saturated heterocycles. The number of halogens is 1. The Balaban J connectivity index is 2.20. The van der Waals surface area contributed by atoms with E-state index in [4.69, 9.17) is 17.3 Å². The van der Waals surface area contributed by atoms with Crippen molar-refractivity contribution in [2.75, 3.05) is 11.5 Å². The highest BCUT2D eigenvalue weighted by molar-refractivity contribution is 7.99. The zero-order valence-electron chi connectivity index (χ0n) is 14.1. The van der Waals surface area contributed by atoms with Crippen LogP contribution in [0.3, 0.4) is 0 Å². The maximum atomic E-state index is 12.5. The number of anilines is 1. The molecule has 2 N–H and O–H groups in total. The van der Waals surface area contributed by atoms with E-state index in [1.54, 1.807) is 12.1 Å². The molecule has 0 aliphatic carbocycles. The zero-order valence-corrected chi connectivity index (χ0v) is 15.7. The van der Waals surface area contributed by atoms with Gasteiger partial charge in [-0.05, 0) is 24.1 Å². The Morgan fingerprint density at radius 1 is 1.24 bits per heavy atom. The molecule has 0 amide bonds. The van der Waals surface area contributed by atoms with Gasteiger partial charge in [0, 0.05) is 24.4 Å². The quantitative estimate of drug-likeness (QED) is 0.743. The molecule has 134 valence electrons. The molecule has 1 aromatic carbocycles. The third-order valence-corrected chi connectivity index (χ3v) is 4.98. The Kier molecular flexibility index (Phi) is 6.50. The van der Waals surface area contributed by atoms with Crippen LogP contribution in [0.5, 0.6) is 0 Å². The molecule has 0 spiro atoms. The number of benzene rings is 1. The number of ketones is 1. The molecule has 6 nitrogen and oxygen atoms in total. The molecule has 1 heterocycles. The maximum Gasteiger partial charge on any atom is 0.332 e. The normalized spacial score (nSPS) is 10.8. The number of thioether (sulfide) groups is 1. The minimum Gasteiger partial charge on any atom is -0.384 e. The van der Waals surface area contributed by atoms with Gasteiger partial charge >= 0.3 is 5.69 Å². The number of carbonyl (C=O) groups excluding carboxylic acids is 1. The predicted octanol–water partition coefficient (Wildman–Crippen LogP) is 2.31. The Morgan fingerprint density at radius 2 is 1.88 bits per heavy atom. The molecule has 0 unspecified atom stereocenters. The average Bonchev–Trinajstić information content (AvgIpc) is 2.59. The second kappa shape index (κ2) is 8.40. The van der Waals surface area contributed by atoms with Crippen LogP contribution in [0.25, 0.3) is 0 Å². The van der Waals surface area contributed by atoms with Crippen LogP contribution in [-0.2, 0) is 19.3 Å². The highest BCUT2D eigenvalue weighted by Crippen LogP contribution is 2.17. The first-order chi connectivity index (χ1) is 11.9. The fraction of sp³-hybridized carbons (Fsp3) is 0.353. The van der Waals surface area contributed by atoms with Crippen molar-refractivity contribution in [2.45, 2.75) is 25.6 Å². The number of Topliss-reactive ketones (excluding diaryl/α,β-unsaturated/α-hetero) is 1. The van der Waals surface area contributed by atoms with Gasteiger partial charge in [0.2, 0.25) is 0 Å². The molecule has 0 radical (unpaired) electrons. The molecule has 2 aromatic rings. The summed E-state index contributed by atoms with van der Waals surface area (Å²) in [5.41, 5.74) is 5.71. The standard InChI is InChI=1S/C17H20ClN3O3S/c1-3-8-21-15(19)14(16(23)20(2)17(21)24)13(22)10-25-9-11-4-6-12(18)7-5-11/h4-7H,3,8-10,19H2,1-2H3. The van der Waals surface area contributed by atoms with E-state index in [1.165, 1.54) is 23.4 Å². The van der Waals surface area contributed by atoms with Gasteiger partial charge in [-0.3, -0.25) is 18.7 Å². The molecular weight excluding hydrogens is 362 g/mol. The van der Waals surface area contributed by atoms with Gasteiger partial charge in [0.1, 0.15) is 11.4 Å². The summed E-state index contributed by atoms with van der Waals surface area (Å²) < 4.78 is 2.21.